The lowest BCUT2D eigenvalue weighted by molar-refractivity contribution is 0.0628. The highest BCUT2D eigenvalue weighted by Gasteiger charge is 2.22. The number of hydrogen-bond donors (Lipinski definition) is 0. The first kappa shape index (κ1) is 16.7. The van der Waals surface area contributed by atoms with Crippen LogP contribution in [0.15, 0.2) is 48.8 Å². The zero-order valence-corrected chi connectivity index (χ0v) is 14.5. The highest BCUT2D eigenvalue weighted by molar-refractivity contribution is 5.94. The van der Waals surface area contributed by atoms with E-state index in [2.05, 4.69) is 41.9 Å². The summed E-state index contributed by atoms with van der Waals surface area (Å²) in [6.07, 6.45) is 3.71. The molecule has 126 valence electrons. The van der Waals surface area contributed by atoms with E-state index in [0.29, 0.717) is 5.92 Å². The standard InChI is InChI=1S/C20H25N3O/c1-16(2)18-5-7-19(8-6-18)20(24)23-12-10-22(11-13-23)15-17-4-3-9-21-14-17/h3-9,14,16H,10-13,15H2,1-2H3. The van der Waals surface area contributed by atoms with E-state index < -0.39 is 0 Å². The molecular weight excluding hydrogens is 298 g/mol. The first-order valence-electron chi connectivity index (χ1n) is 8.64. The second-order valence-corrected chi connectivity index (χ2v) is 6.71. The fourth-order valence-corrected chi connectivity index (χ4v) is 3.05. The average Bonchev–Trinajstić information content (AvgIpc) is 2.63. The van der Waals surface area contributed by atoms with Gasteiger partial charge in [0.1, 0.15) is 0 Å². The van der Waals surface area contributed by atoms with Gasteiger partial charge in [-0.25, -0.2) is 0 Å². The zero-order chi connectivity index (χ0) is 16.9. The summed E-state index contributed by atoms with van der Waals surface area (Å²) in [7, 11) is 0. The maximum Gasteiger partial charge on any atom is 0.253 e. The molecule has 1 fully saturated rings. The minimum atomic E-state index is 0.145. The number of rotatable bonds is 4. The summed E-state index contributed by atoms with van der Waals surface area (Å²) < 4.78 is 0. The maximum absolute atomic E-state index is 12.6. The summed E-state index contributed by atoms with van der Waals surface area (Å²) in [6, 6.07) is 12.1. The molecule has 24 heavy (non-hydrogen) atoms. The Morgan fingerprint density at radius 3 is 2.38 bits per heavy atom. The molecule has 0 bridgehead atoms. The predicted molar refractivity (Wildman–Crippen MR) is 95.9 cm³/mol. The van der Waals surface area contributed by atoms with Gasteiger partial charge in [-0.2, -0.15) is 0 Å². The number of amides is 1. The highest BCUT2D eigenvalue weighted by atomic mass is 16.2. The Morgan fingerprint density at radius 1 is 1.08 bits per heavy atom. The second-order valence-electron chi connectivity index (χ2n) is 6.71. The Morgan fingerprint density at radius 2 is 1.79 bits per heavy atom. The third-order valence-corrected chi connectivity index (χ3v) is 4.61. The molecule has 0 unspecified atom stereocenters. The lowest BCUT2D eigenvalue weighted by Gasteiger charge is -2.34. The number of carbonyl (C=O) groups is 1. The molecular formula is C20H25N3O. The molecule has 4 nitrogen and oxygen atoms in total. The molecule has 0 atom stereocenters. The Kier molecular flexibility index (Phi) is 5.26. The van der Waals surface area contributed by atoms with Gasteiger partial charge in [-0.3, -0.25) is 14.7 Å². The summed E-state index contributed by atoms with van der Waals surface area (Å²) in [5.41, 5.74) is 3.29. The van der Waals surface area contributed by atoms with E-state index in [1.807, 2.05) is 29.3 Å². The lowest BCUT2D eigenvalue weighted by atomic mass is 10.0. The molecule has 1 saturated heterocycles. The van der Waals surface area contributed by atoms with E-state index in [4.69, 9.17) is 0 Å². The Hall–Kier alpha value is -2.20. The maximum atomic E-state index is 12.6. The predicted octanol–water partition coefficient (Wildman–Crippen LogP) is 3.16. The van der Waals surface area contributed by atoms with Crippen molar-refractivity contribution < 1.29 is 4.79 Å². The van der Waals surface area contributed by atoms with Gasteiger partial charge < -0.3 is 4.90 Å². The summed E-state index contributed by atoms with van der Waals surface area (Å²) in [4.78, 5) is 21.1. The van der Waals surface area contributed by atoms with Gasteiger partial charge in [-0.05, 0) is 35.2 Å². The second kappa shape index (κ2) is 7.58. The van der Waals surface area contributed by atoms with Gasteiger partial charge >= 0.3 is 0 Å². The quantitative estimate of drug-likeness (QED) is 0.867. The van der Waals surface area contributed by atoms with Crippen LogP contribution < -0.4 is 0 Å². The molecule has 2 heterocycles. The number of benzene rings is 1. The van der Waals surface area contributed by atoms with Gasteiger partial charge in [0.2, 0.25) is 0 Å². The van der Waals surface area contributed by atoms with Gasteiger partial charge in [0.15, 0.2) is 0 Å². The molecule has 3 rings (SSSR count). The first-order chi connectivity index (χ1) is 11.6. The van der Waals surface area contributed by atoms with Crippen LogP contribution in [0.4, 0.5) is 0 Å². The number of nitrogens with zero attached hydrogens (tertiary/aromatic N) is 3. The van der Waals surface area contributed by atoms with Crippen molar-refractivity contribution in [2.24, 2.45) is 0 Å². The van der Waals surface area contributed by atoms with Crippen LogP contribution in [0.1, 0.15) is 41.3 Å². The molecule has 0 N–H and O–H groups in total. The fourth-order valence-electron chi connectivity index (χ4n) is 3.05. The summed E-state index contributed by atoms with van der Waals surface area (Å²) in [5, 5.41) is 0. The highest BCUT2D eigenvalue weighted by Crippen LogP contribution is 2.16. The molecule has 4 heteroatoms. The van der Waals surface area contributed by atoms with Crippen LogP contribution >= 0.6 is 0 Å². The van der Waals surface area contributed by atoms with Crippen molar-refractivity contribution >= 4 is 5.91 Å². The molecule has 1 aliphatic heterocycles. The van der Waals surface area contributed by atoms with Crippen LogP contribution in [0.3, 0.4) is 0 Å². The van der Waals surface area contributed by atoms with Gasteiger partial charge in [0.05, 0.1) is 0 Å². The van der Waals surface area contributed by atoms with Crippen LogP contribution in [-0.2, 0) is 6.54 Å². The van der Waals surface area contributed by atoms with Crippen LogP contribution in [0.25, 0.3) is 0 Å². The summed E-state index contributed by atoms with van der Waals surface area (Å²) >= 11 is 0. The number of hydrogen-bond acceptors (Lipinski definition) is 3. The van der Waals surface area contributed by atoms with Crippen molar-refractivity contribution in [2.75, 3.05) is 26.2 Å². The van der Waals surface area contributed by atoms with E-state index in [9.17, 15) is 4.79 Å². The minimum Gasteiger partial charge on any atom is -0.336 e. The van der Waals surface area contributed by atoms with E-state index >= 15 is 0 Å². The van der Waals surface area contributed by atoms with Crippen LogP contribution in [0, 0.1) is 0 Å². The first-order valence-corrected chi connectivity index (χ1v) is 8.64. The van der Waals surface area contributed by atoms with Crippen molar-refractivity contribution in [1.29, 1.82) is 0 Å². The third-order valence-electron chi connectivity index (χ3n) is 4.61. The number of aromatic nitrogens is 1. The zero-order valence-electron chi connectivity index (χ0n) is 14.5. The summed E-state index contributed by atoms with van der Waals surface area (Å²) in [6.45, 7) is 8.61. The minimum absolute atomic E-state index is 0.145. The molecule has 1 aliphatic rings. The SMILES string of the molecule is CC(C)c1ccc(C(=O)N2CCN(Cc3cccnc3)CC2)cc1. The van der Waals surface area contributed by atoms with E-state index in [0.717, 1.165) is 38.3 Å². The van der Waals surface area contributed by atoms with Crippen LogP contribution in [0.2, 0.25) is 0 Å². The van der Waals surface area contributed by atoms with E-state index in [1.165, 1.54) is 11.1 Å². The van der Waals surface area contributed by atoms with Gasteiger partial charge in [0.25, 0.3) is 5.91 Å². The lowest BCUT2D eigenvalue weighted by Crippen LogP contribution is -2.48. The third kappa shape index (κ3) is 4.01. The van der Waals surface area contributed by atoms with Gasteiger partial charge in [0, 0.05) is 50.7 Å². The number of pyridine rings is 1. The Labute approximate surface area is 144 Å². The molecule has 1 aromatic carbocycles. The molecule has 0 radical (unpaired) electrons. The van der Waals surface area contributed by atoms with Crippen molar-refractivity contribution in [3.63, 3.8) is 0 Å². The van der Waals surface area contributed by atoms with Gasteiger partial charge in [-0.1, -0.05) is 32.0 Å². The number of carbonyl (C=O) groups excluding carboxylic acids is 1. The van der Waals surface area contributed by atoms with Crippen molar-refractivity contribution in [3.8, 4) is 0 Å². The Balaban J connectivity index is 1.55. The van der Waals surface area contributed by atoms with E-state index in [-0.39, 0.29) is 5.91 Å². The Bertz CT molecular complexity index is 659. The monoisotopic (exact) mass is 323 g/mol. The molecule has 0 saturated carbocycles. The van der Waals surface area contributed by atoms with Crippen molar-refractivity contribution in [2.45, 2.75) is 26.3 Å². The topological polar surface area (TPSA) is 36.4 Å². The molecule has 0 spiro atoms. The molecule has 0 aliphatic carbocycles. The van der Waals surface area contributed by atoms with Crippen molar-refractivity contribution in [1.82, 2.24) is 14.8 Å². The molecule has 1 amide bonds. The van der Waals surface area contributed by atoms with Crippen LogP contribution in [-0.4, -0.2) is 46.9 Å². The number of piperazine rings is 1. The molecule has 2 aromatic rings. The van der Waals surface area contributed by atoms with E-state index in [1.54, 1.807) is 6.20 Å². The largest absolute Gasteiger partial charge is 0.336 e. The average molecular weight is 323 g/mol. The summed E-state index contributed by atoms with van der Waals surface area (Å²) in [5.74, 6) is 0.636. The fraction of sp³-hybridized carbons (Fsp3) is 0.400. The van der Waals surface area contributed by atoms with Crippen molar-refractivity contribution in [3.05, 3.63) is 65.5 Å². The normalized spacial score (nSPS) is 15.7. The van der Waals surface area contributed by atoms with Gasteiger partial charge in [-0.15, -0.1) is 0 Å². The smallest absolute Gasteiger partial charge is 0.253 e. The van der Waals surface area contributed by atoms with Crippen LogP contribution in [0.5, 0.6) is 0 Å². The molecule has 1 aromatic heterocycles.